The average Bonchev–Trinajstić information content (AvgIpc) is 2.86. The largest absolute Gasteiger partial charge is 0.398 e. The van der Waals surface area contributed by atoms with E-state index in [1.807, 2.05) is 11.0 Å². The molecule has 1 fully saturated rings. The van der Waals surface area contributed by atoms with Crippen LogP contribution in [0.4, 0.5) is 5.69 Å². The van der Waals surface area contributed by atoms with Crippen molar-refractivity contribution >= 4 is 27.5 Å². The van der Waals surface area contributed by atoms with Gasteiger partial charge in [-0.15, -0.1) is 0 Å². The Morgan fingerprint density at radius 1 is 1.42 bits per heavy atom. The second-order valence-electron chi connectivity index (χ2n) is 5.42. The monoisotopic (exact) mass is 324 g/mol. The Morgan fingerprint density at radius 2 is 2.11 bits per heavy atom. The van der Waals surface area contributed by atoms with Gasteiger partial charge in [-0.2, -0.15) is 0 Å². The van der Waals surface area contributed by atoms with E-state index in [1.54, 1.807) is 12.1 Å². The molecule has 1 aromatic carbocycles. The van der Waals surface area contributed by atoms with Crippen molar-refractivity contribution in [1.29, 1.82) is 0 Å². The van der Waals surface area contributed by atoms with Crippen molar-refractivity contribution in [3.63, 3.8) is 0 Å². The van der Waals surface area contributed by atoms with E-state index in [0.717, 1.165) is 36.8 Å². The lowest BCUT2D eigenvalue weighted by Crippen LogP contribution is -2.31. The lowest BCUT2D eigenvalue weighted by molar-refractivity contribution is 0.0770. The molecule has 3 nitrogen and oxygen atoms in total. The number of benzene rings is 1. The molecule has 2 N–H and O–H groups in total. The number of hydrogen-bond donors (Lipinski definition) is 1. The van der Waals surface area contributed by atoms with Gasteiger partial charge < -0.3 is 10.6 Å². The predicted octanol–water partition coefficient (Wildman–Crippen LogP) is 3.68. The fourth-order valence-corrected chi connectivity index (χ4v) is 3.16. The topological polar surface area (TPSA) is 46.3 Å². The second kappa shape index (κ2) is 5.53. The Morgan fingerprint density at radius 3 is 2.63 bits per heavy atom. The van der Waals surface area contributed by atoms with Crippen LogP contribution in [-0.4, -0.2) is 23.9 Å². The zero-order valence-electron chi connectivity index (χ0n) is 11.6. The molecule has 1 amide bonds. The number of amides is 1. The fraction of sp³-hybridized carbons (Fsp3) is 0.533. The quantitative estimate of drug-likeness (QED) is 0.862. The van der Waals surface area contributed by atoms with Gasteiger partial charge in [0.25, 0.3) is 5.91 Å². The summed E-state index contributed by atoms with van der Waals surface area (Å²) in [6.45, 7) is 6.18. The maximum absolute atomic E-state index is 12.5. The second-order valence-corrected chi connectivity index (χ2v) is 6.27. The van der Waals surface area contributed by atoms with E-state index in [4.69, 9.17) is 5.73 Å². The van der Waals surface area contributed by atoms with Gasteiger partial charge in [-0.3, -0.25) is 4.79 Å². The molecule has 0 aliphatic carbocycles. The number of nitrogen functional groups attached to an aromatic ring is 1. The van der Waals surface area contributed by atoms with Crippen LogP contribution in [-0.2, 0) is 0 Å². The van der Waals surface area contributed by atoms with E-state index in [2.05, 4.69) is 29.8 Å². The van der Waals surface area contributed by atoms with Crippen LogP contribution in [0.1, 0.15) is 43.5 Å². The van der Waals surface area contributed by atoms with Crippen molar-refractivity contribution in [2.45, 2.75) is 33.1 Å². The van der Waals surface area contributed by atoms with E-state index >= 15 is 0 Å². The minimum absolute atomic E-state index is 0.115. The molecule has 1 aliphatic rings. The normalized spacial score (nSPS) is 17.7. The van der Waals surface area contributed by atoms with Crippen molar-refractivity contribution in [2.24, 2.45) is 5.41 Å². The van der Waals surface area contributed by atoms with Crippen molar-refractivity contribution < 1.29 is 4.79 Å². The van der Waals surface area contributed by atoms with Crippen LogP contribution in [0.3, 0.4) is 0 Å². The maximum Gasteiger partial charge on any atom is 0.253 e. The number of rotatable bonds is 3. The van der Waals surface area contributed by atoms with Crippen molar-refractivity contribution in [1.82, 2.24) is 4.90 Å². The number of anilines is 1. The number of halogens is 1. The van der Waals surface area contributed by atoms with Crippen molar-refractivity contribution in [3.05, 3.63) is 28.2 Å². The fourth-order valence-electron chi connectivity index (χ4n) is 2.78. The van der Waals surface area contributed by atoms with Gasteiger partial charge in [0.2, 0.25) is 0 Å². The molecule has 0 spiro atoms. The molecule has 0 bridgehead atoms. The highest BCUT2D eigenvalue weighted by Crippen LogP contribution is 2.37. The number of nitrogens with zero attached hydrogens (tertiary/aromatic N) is 1. The molecule has 1 heterocycles. The molecule has 0 atom stereocenters. The summed E-state index contributed by atoms with van der Waals surface area (Å²) in [5, 5.41) is 0. The zero-order valence-corrected chi connectivity index (χ0v) is 13.2. The van der Waals surface area contributed by atoms with Gasteiger partial charge >= 0.3 is 0 Å². The molecule has 0 unspecified atom stereocenters. The van der Waals surface area contributed by atoms with Gasteiger partial charge in [0.15, 0.2) is 0 Å². The number of nitrogens with two attached hydrogens (primary N) is 1. The molecule has 19 heavy (non-hydrogen) atoms. The Hall–Kier alpha value is -1.03. The highest BCUT2D eigenvalue weighted by atomic mass is 79.9. The summed E-state index contributed by atoms with van der Waals surface area (Å²) < 4.78 is 0.787. The van der Waals surface area contributed by atoms with Crippen LogP contribution >= 0.6 is 15.9 Å². The first-order valence-corrected chi connectivity index (χ1v) is 7.65. The third-order valence-corrected chi connectivity index (χ3v) is 5.16. The Labute approximate surface area is 123 Å². The highest BCUT2D eigenvalue weighted by Gasteiger charge is 2.37. The van der Waals surface area contributed by atoms with Gasteiger partial charge in [-0.1, -0.05) is 13.8 Å². The summed E-state index contributed by atoms with van der Waals surface area (Å²) in [7, 11) is 0. The van der Waals surface area contributed by atoms with Crippen LogP contribution < -0.4 is 5.73 Å². The van der Waals surface area contributed by atoms with E-state index in [9.17, 15) is 4.79 Å². The number of likely N-dealkylation sites (tertiary alicyclic amines) is 1. The zero-order chi connectivity index (χ0) is 14.0. The van der Waals surface area contributed by atoms with Crippen molar-refractivity contribution in [3.8, 4) is 0 Å². The average molecular weight is 325 g/mol. The Bertz CT molecular complexity index is 483. The third kappa shape index (κ3) is 2.78. The molecule has 1 aromatic rings. The third-order valence-electron chi connectivity index (χ3n) is 4.47. The predicted molar refractivity (Wildman–Crippen MR) is 82.1 cm³/mol. The molecule has 1 aliphatic heterocycles. The lowest BCUT2D eigenvalue weighted by atomic mass is 9.82. The minimum Gasteiger partial charge on any atom is -0.398 e. The van der Waals surface area contributed by atoms with Gasteiger partial charge in [-0.25, -0.2) is 0 Å². The molecule has 4 heteroatoms. The molecule has 1 saturated heterocycles. The molecular formula is C15H21BrN2O. The number of carbonyl (C=O) groups is 1. The van der Waals surface area contributed by atoms with E-state index in [1.165, 1.54) is 0 Å². The number of hydrogen-bond acceptors (Lipinski definition) is 2. The van der Waals surface area contributed by atoms with Crippen LogP contribution in [0.2, 0.25) is 0 Å². The maximum atomic E-state index is 12.5. The molecule has 0 radical (unpaired) electrons. The van der Waals surface area contributed by atoms with Crippen LogP contribution in [0.5, 0.6) is 0 Å². The summed E-state index contributed by atoms with van der Waals surface area (Å²) in [6.07, 6.45) is 3.39. The van der Waals surface area contributed by atoms with Gasteiger partial charge in [-0.05, 0) is 58.8 Å². The molecular weight excluding hydrogens is 304 g/mol. The Kier molecular flexibility index (Phi) is 4.19. The van der Waals surface area contributed by atoms with E-state index in [0.29, 0.717) is 16.7 Å². The van der Waals surface area contributed by atoms with E-state index < -0.39 is 0 Å². The Balaban J connectivity index is 2.15. The summed E-state index contributed by atoms with van der Waals surface area (Å²) in [4.78, 5) is 14.5. The molecule has 104 valence electrons. The standard InChI is InChI=1S/C15H21BrN2O/c1-3-15(4-2)7-8-18(10-15)14(19)11-5-6-13(17)12(16)9-11/h5-6,9H,3-4,7-8,10,17H2,1-2H3. The van der Waals surface area contributed by atoms with E-state index in [-0.39, 0.29) is 5.91 Å². The minimum atomic E-state index is 0.115. The summed E-state index contributed by atoms with van der Waals surface area (Å²) in [5.41, 5.74) is 7.45. The van der Waals surface area contributed by atoms with Gasteiger partial charge in [0.05, 0.1) is 0 Å². The summed E-state index contributed by atoms with van der Waals surface area (Å²) in [6, 6.07) is 5.40. The van der Waals surface area contributed by atoms with Crippen LogP contribution in [0.15, 0.2) is 22.7 Å². The first-order chi connectivity index (χ1) is 9.01. The van der Waals surface area contributed by atoms with Crippen LogP contribution in [0, 0.1) is 5.41 Å². The first kappa shape index (κ1) is 14.4. The smallest absolute Gasteiger partial charge is 0.253 e. The molecule has 0 aromatic heterocycles. The highest BCUT2D eigenvalue weighted by molar-refractivity contribution is 9.10. The molecule has 2 rings (SSSR count). The van der Waals surface area contributed by atoms with Crippen molar-refractivity contribution in [2.75, 3.05) is 18.8 Å². The van der Waals surface area contributed by atoms with Crippen LogP contribution in [0.25, 0.3) is 0 Å². The SMILES string of the molecule is CCC1(CC)CCN(C(=O)c2ccc(N)c(Br)c2)C1. The van der Waals surface area contributed by atoms with Gasteiger partial charge in [0, 0.05) is 28.8 Å². The summed E-state index contributed by atoms with van der Waals surface area (Å²) in [5.74, 6) is 0.115. The lowest BCUT2D eigenvalue weighted by Gasteiger charge is -2.26. The van der Waals surface area contributed by atoms with Gasteiger partial charge in [0.1, 0.15) is 0 Å². The number of carbonyl (C=O) groups excluding carboxylic acids is 1. The molecule has 0 saturated carbocycles. The first-order valence-electron chi connectivity index (χ1n) is 6.85. The summed E-state index contributed by atoms with van der Waals surface area (Å²) >= 11 is 3.38.